The molecule has 0 saturated carbocycles. The lowest BCUT2D eigenvalue weighted by molar-refractivity contribution is -0.192. The van der Waals surface area contributed by atoms with Gasteiger partial charge in [-0.05, 0) is 0 Å². The molecule has 2 nitrogen and oxygen atoms in total. The Balaban J connectivity index is 4.15. The van der Waals surface area contributed by atoms with Crippen molar-refractivity contribution in [3.63, 3.8) is 0 Å². The van der Waals surface area contributed by atoms with E-state index in [0.717, 1.165) is 0 Å². The van der Waals surface area contributed by atoms with Crippen LogP contribution in [0.15, 0.2) is 0 Å². The van der Waals surface area contributed by atoms with Crippen LogP contribution < -0.4 is 0 Å². The highest BCUT2D eigenvalue weighted by atomic mass is 19.2. The van der Waals surface area contributed by atoms with Gasteiger partial charge >= 0.3 is 5.97 Å². The molecule has 3 heteroatoms. The molecule has 0 rings (SSSR count). The van der Waals surface area contributed by atoms with Crippen LogP contribution in [0.5, 0.6) is 0 Å². The van der Waals surface area contributed by atoms with Crippen molar-refractivity contribution in [2.45, 2.75) is 40.5 Å². The molecule has 0 aliphatic rings. The fourth-order valence-corrected chi connectivity index (χ4v) is 0.432. The molecule has 0 heterocycles. The van der Waals surface area contributed by atoms with Gasteiger partial charge in [0.25, 0.3) is 5.85 Å². The maximum absolute atomic E-state index is 13.4. The monoisotopic (exact) mass is 176 g/mol. The molecule has 0 fully saturated rings. The van der Waals surface area contributed by atoms with Crippen molar-refractivity contribution < 1.29 is 13.9 Å². The Morgan fingerprint density at radius 2 is 1.75 bits per heavy atom. The maximum atomic E-state index is 13.4. The van der Waals surface area contributed by atoms with Crippen LogP contribution in [0.25, 0.3) is 0 Å². The number of hydrogen-bond donors (Lipinski definition) is 0. The molecule has 0 aliphatic heterocycles. The van der Waals surface area contributed by atoms with Gasteiger partial charge in [-0.15, -0.1) is 0 Å². The summed E-state index contributed by atoms with van der Waals surface area (Å²) in [5.74, 6) is -2.94. The van der Waals surface area contributed by atoms with Gasteiger partial charge in [0.05, 0.1) is 5.92 Å². The molecule has 0 aromatic rings. The van der Waals surface area contributed by atoms with E-state index in [1.807, 2.05) is 0 Å². The first-order valence-corrected chi connectivity index (χ1v) is 4.19. The second-order valence-corrected chi connectivity index (χ2v) is 3.72. The van der Waals surface area contributed by atoms with Crippen molar-refractivity contribution in [1.29, 1.82) is 0 Å². The molecule has 0 aromatic heterocycles. The fraction of sp³-hybridized carbons (Fsp3) is 0.889. The summed E-state index contributed by atoms with van der Waals surface area (Å²) >= 11 is 0. The van der Waals surface area contributed by atoms with Crippen molar-refractivity contribution in [3.05, 3.63) is 0 Å². The predicted molar refractivity (Wildman–Crippen MR) is 45.3 cm³/mol. The van der Waals surface area contributed by atoms with Gasteiger partial charge in [-0.25, -0.2) is 0 Å². The molecule has 1 unspecified atom stereocenters. The van der Waals surface area contributed by atoms with E-state index in [1.165, 1.54) is 6.92 Å². The van der Waals surface area contributed by atoms with Crippen LogP contribution >= 0.6 is 0 Å². The third-order valence-electron chi connectivity index (χ3n) is 1.80. The average molecular weight is 176 g/mol. The summed E-state index contributed by atoms with van der Waals surface area (Å²) in [5.41, 5.74) is 0. The van der Waals surface area contributed by atoms with Gasteiger partial charge in [0.15, 0.2) is 0 Å². The van der Waals surface area contributed by atoms with Crippen molar-refractivity contribution in [2.75, 3.05) is 0 Å². The quantitative estimate of drug-likeness (QED) is 0.618. The van der Waals surface area contributed by atoms with Gasteiger partial charge in [-0.2, -0.15) is 4.39 Å². The molecule has 0 aliphatic carbocycles. The first kappa shape index (κ1) is 11.4. The van der Waals surface area contributed by atoms with Crippen LogP contribution in [0.4, 0.5) is 4.39 Å². The Kier molecular flexibility index (Phi) is 3.68. The minimum atomic E-state index is -1.85. The van der Waals surface area contributed by atoms with Gasteiger partial charge < -0.3 is 4.74 Å². The molecular formula is C9H17FO2. The van der Waals surface area contributed by atoms with Crippen LogP contribution in [0, 0.1) is 11.8 Å². The number of alkyl halides is 1. The number of esters is 1. The molecule has 0 radical (unpaired) electrons. The smallest absolute Gasteiger partial charge is 0.311 e. The summed E-state index contributed by atoms with van der Waals surface area (Å²) in [5, 5.41) is 0. The molecule has 0 amide bonds. The predicted octanol–water partition coefficient (Wildman–Crippen LogP) is 2.53. The summed E-state index contributed by atoms with van der Waals surface area (Å²) in [6.07, 6.45) is 0. The molecule has 0 aromatic carbocycles. The third-order valence-corrected chi connectivity index (χ3v) is 1.80. The first-order chi connectivity index (χ1) is 5.27. The molecule has 12 heavy (non-hydrogen) atoms. The molecule has 0 bridgehead atoms. The van der Waals surface area contributed by atoms with Crippen LogP contribution in [0.1, 0.15) is 34.6 Å². The SMILES string of the molecule is CC(C)C(=O)OC(C)(F)C(C)C. The number of halogens is 1. The number of hydrogen-bond acceptors (Lipinski definition) is 2. The van der Waals surface area contributed by atoms with E-state index in [-0.39, 0.29) is 11.8 Å². The topological polar surface area (TPSA) is 26.3 Å². The van der Waals surface area contributed by atoms with Gasteiger partial charge in [0.2, 0.25) is 0 Å². The Morgan fingerprint density at radius 1 is 1.33 bits per heavy atom. The zero-order chi connectivity index (χ0) is 9.94. The van der Waals surface area contributed by atoms with Crippen molar-refractivity contribution in [1.82, 2.24) is 0 Å². The normalized spacial score (nSPS) is 16.3. The number of ether oxygens (including phenoxy) is 1. The Hall–Kier alpha value is -0.600. The second-order valence-electron chi connectivity index (χ2n) is 3.72. The van der Waals surface area contributed by atoms with Crippen molar-refractivity contribution >= 4 is 5.97 Å². The number of carbonyl (C=O) groups is 1. The van der Waals surface area contributed by atoms with Crippen LogP contribution in [0.3, 0.4) is 0 Å². The van der Waals surface area contributed by atoms with E-state index >= 15 is 0 Å². The highest BCUT2D eigenvalue weighted by molar-refractivity contribution is 5.71. The summed E-state index contributed by atoms with van der Waals surface area (Å²) in [4.78, 5) is 11.0. The van der Waals surface area contributed by atoms with Gasteiger partial charge in [-0.3, -0.25) is 4.79 Å². The van der Waals surface area contributed by atoms with E-state index < -0.39 is 11.8 Å². The minimum absolute atomic E-state index is 0.279. The van der Waals surface area contributed by atoms with Gasteiger partial charge in [-0.1, -0.05) is 27.7 Å². The Morgan fingerprint density at radius 3 is 2.00 bits per heavy atom. The van der Waals surface area contributed by atoms with Crippen molar-refractivity contribution in [2.24, 2.45) is 11.8 Å². The summed E-state index contributed by atoms with van der Waals surface area (Å²) in [6.45, 7) is 7.98. The lowest BCUT2D eigenvalue weighted by atomic mass is 10.1. The molecule has 0 N–H and O–H groups in total. The fourth-order valence-electron chi connectivity index (χ4n) is 0.432. The average Bonchev–Trinajstić information content (AvgIpc) is 1.85. The molecular weight excluding hydrogens is 159 g/mol. The zero-order valence-corrected chi connectivity index (χ0v) is 8.35. The van der Waals surface area contributed by atoms with E-state index in [4.69, 9.17) is 0 Å². The van der Waals surface area contributed by atoms with E-state index in [2.05, 4.69) is 4.74 Å². The molecule has 0 saturated heterocycles. The molecule has 72 valence electrons. The van der Waals surface area contributed by atoms with Crippen molar-refractivity contribution in [3.8, 4) is 0 Å². The third kappa shape index (κ3) is 3.20. The van der Waals surface area contributed by atoms with E-state index in [9.17, 15) is 9.18 Å². The van der Waals surface area contributed by atoms with E-state index in [1.54, 1.807) is 27.7 Å². The minimum Gasteiger partial charge on any atom is -0.428 e. The maximum Gasteiger partial charge on any atom is 0.311 e. The number of rotatable bonds is 3. The lowest BCUT2D eigenvalue weighted by Crippen LogP contribution is -2.33. The summed E-state index contributed by atoms with van der Waals surface area (Å²) in [7, 11) is 0. The van der Waals surface area contributed by atoms with E-state index in [0.29, 0.717) is 0 Å². The highest BCUT2D eigenvalue weighted by Gasteiger charge is 2.32. The lowest BCUT2D eigenvalue weighted by Gasteiger charge is -2.25. The highest BCUT2D eigenvalue weighted by Crippen LogP contribution is 2.23. The summed E-state index contributed by atoms with van der Waals surface area (Å²) in [6, 6.07) is 0. The second kappa shape index (κ2) is 3.87. The Labute approximate surface area is 73.1 Å². The molecule has 0 spiro atoms. The first-order valence-electron chi connectivity index (χ1n) is 4.19. The van der Waals surface area contributed by atoms with Crippen LogP contribution in [0.2, 0.25) is 0 Å². The number of carbonyl (C=O) groups excluding carboxylic acids is 1. The largest absolute Gasteiger partial charge is 0.428 e. The van der Waals surface area contributed by atoms with Gasteiger partial charge in [0, 0.05) is 12.8 Å². The van der Waals surface area contributed by atoms with Gasteiger partial charge in [0.1, 0.15) is 0 Å². The zero-order valence-electron chi connectivity index (χ0n) is 8.35. The summed E-state index contributed by atoms with van der Waals surface area (Å²) < 4.78 is 18.0. The Bertz CT molecular complexity index is 162. The standard InChI is InChI=1S/C9H17FO2/c1-6(2)8(11)12-9(5,10)7(3)4/h6-7H,1-5H3. The van der Waals surface area contributed by atoms with Crippen LogP contribution in [-0.4, -0.2) is 11.8 Å². The van der Waals surface area contributed by atoms with Crippen LogP contribution in [-0.2, 0) is 9.53 Å². The molecule has 1 atom stereocenters.